The average molecular weight is 180 g/mol. The predicted octanol–water partition coefficient (Wildman–Crippen LogP) is 1.47. The second-order valence-electron chi connectivity index (χ2n) is 3.88. The quantitative estimate of drug-likeness (QED) is 0.708. The Hall–Kier alpha value is -0.960. The summed E-state index contributed by atoms with van der Waals surface area (Å²) in [4.78, 5) is 3.87. The van der Waals surface area contributed by atoms with Crippen LogP contribution in [0.25, 0.3) is 0 Å². The Morgan fingerprint density at radius 2 is 2.38 bits per heavy atom. The van der Waals surface area contributed by atoms with E-state index in [-0.39, 0.29) is 11.2 Å². The van der Waals surface area contributed by atoms with Crippen molar-refractivity contribution in [1.82, 2.24) is 10.3 Å². The molecule has 3 heteroatoms. The standard InChI is InChI=1S/C10H13FN2/c1-10(2-3-12-7-10)8-4-9(11)6-13-5-8/h4-6,12H,2-3,7H2,1H3. The lowest BCUT2D eigenvalue weighted by Crippen LogP contribution is -2.25. The van der Waals surface area contributed by atoms with Gasteiger partial charge in [-0.2, -0.15) is 0 Å². The molecule has 2 rings (SSSR count). The van der Waals surface area contributed by atoms with Gasteiger partial charge in [0.15, 0.2) is 0 Å². The minimum absolute atomic E-state index is 0.0646. The molecule has 2 nitrogen and oxygen atoms in total. The SMILES string of the molecule is CC1(c2cncc(F)c2)CCNC1. The molecule has 1 saturated heterocycles. The summed E-state index contributed by atoms with van der Waals surface area (Å²) in [6.07, 6.45) is 4.06. The number of nitrogens with one attached hydrogen (secondary N) is 1. The van der Waals surface area contributed by atoms with Crippen LogP contribution in [-0.4, -0.2) is 18.1 Å². The van der Waals surface area contributed by atoms with Crippen LogP contribution in [0, 0.1) is 5.82 Å². The molecule has 0 aromatic carbocycles. The highest BCUT2D eigenvalue weighted by atomic mass is 19.1. The first-order chi connectivity index (χ1) is 6.21. The van der Waals surface area contributed by atoms with E-state index in [0.717, 1.165) is 25.1 Å². The average Bonchev–Trinajstić information content (AvgIpc) is 2.54. The summed E-state index contributed by atoms with van der Waals surface area (Å²) in [5.41, 5.74) is 1.06. The molecule has 0 bridgehead atoms. The fraction of sp³-hybridized carbons (Fsp3) is 0.500. The Morgan fingerprint density at radius 3 is 3.00 bits per heavy atom. The number of hydrogen-bond donors (Lipinski definition) is 1. The Kier molecular flexibility index (Phi) is 2.04. The van der Waals surface area contributed by atoms with Crippen molar-refractivity contribution in [2.45, 2.75) is 18.8 Å². The lowest BCUT2D eigenvalue weighted by atomic mass is 9.83. The van der Waals surface area contributed by atoms with Gasteiger partial charge in [0, 0.05) is 18.2 Å². The molecule has 1 atom stereocenters. The van der Waals surface area contributed by atoms with Crippen molar-refractivity contribution < 1.29 is 4.39 Å². The van der Waals surface area contributed by atoms with Crippen LogP contribution in [0.15, 0.2) is 18.5 Å². The molecule has 1 unspecified atom stereocenters. The van der Waals surface area contributed by atoms with Crippen molar-refractivity contribution in [3.05, 3.63) is 29.8 Å². The molecule has 1 aromatic heterocycles. The highest BCUT2D eigenvalue weighted by Gasteiger charge is 2.30. The zero-order chi connectivity index (χ0) is 9.31. The highest BCUT2D eigenvalue weighted by Crippen LogP contribution is 2.29. The second-order valence-corrected chi connectivity index (χ2v) is 3.88. The van der Waals surface area contributed by atoms with Crippen molar-refractivity contribution >= 4 is 0 Å². The van der Waals surface area contributed by atoms with Crippen LogP contribution >= 0.6 is 0 Å². The van der Waals surface area contributed by atoms with Crippen molar-refractivity contribution in [3.63, 3.8) is 0 Å². The van der Waals surface area contributed by atoms with E-state index in [9.17, 15) is 4.39 Å². The Labute approximate surface area is 77.2 Å². The van der Waals surface area contributed by atoms with E-state index < -0.39 is 0 Å². The first kappa shape index (κ1) is 8.63. The van der Waals surface area contributed by atoms with Crippen LogP contribution in [0.5, 0.6) is 0 Å². The van der Waals surface area contributed by atoms with Gasteiger partial charge in [-0.3, -0.25) is 4.98 Å². The first-order valence-corrected chi connectivity index (χ1v) is 4.52. The Morgan fingerprint density at radius 1 is 1.54 bits per heavy atom. The summed E-state index contributed by atoms with van der Waals surface area (Å²) in [7, 11) is 0. The normalized spacial score (nSPS) is 27.8. The Bertz CT molecular complexity index is 306. The van der Waals surface area contributed by atoms with Gasteiger partial charge < -0.3 is 5.32 Å². The topological polar surface area (TPSA) is 24.9 Å². The van der Waals surface area contributed by atoms with Crippen LogP contribution < -0.4 is 5.32 Å². The maximum Gasteiger partial charge on any atom is 0.141 e. The third kappa shape index (κ3) is 1.56. The molecule has 0 aliphatic carbocycles. The van der Waals surface area contributed by atoms with Crippen molar-refractivity contribution in [3.8, 4) is 0 Å². The van der Waals surface area contributed by atoms with Gasteiger partial charge in [-0.05, 0) is 24.6 Å². The molecule has 2 heterocycles. The van der Waals surface area contributed by atoms with Gasteiger partial charge in [-0.1, -0.05) is 6.92 Å². The smallest absolute Gasteiger partial charge is 0.141 e. The second kappa shape index (κ2) is 3.07. The van der Waals surface area contributed by atoms with E-state index >= 15 is 0 Å². The van der Waals surface area contributed by atoms with Gasteiger partial charge in [0.25, 0.3) is 0 Å². The summed E-state index contributed by atoms with van der Waals surface area (Å²) >= 11 is 0. The molecule has 1 N–H and O–H groups in total. The lowest BCUT2D eigenvalue weighted by Gasteiger charge is -2.22. The van der Waals surface area contributed by atoms with Gasteiger partial charge >= 0.3 is 0 Å². The number of hydrogen-bond acceptors (Lipinski definition) is 2. The van der Waals surface area contributed by atoms with Crippen LogP contribution in [0.3, 0.4) is 0 Å². The largest absolute Gasteiger partial charge is 0.316 e. The molecule has 0 saturated carbocycles. The minimum atomic E-state index is -0.245. The predicted molar refractivity (Wildman–Crippen MR) is 49.0 cm³/mol. The summed E-state index contributed by atoms with van der Waals surface area (Å²) in [5, 5.41) is 3.28. The maximum absolute atomic E-state index is 12.9. The van der Waals surface area contributed by atoms with Crippen molar-refractivity contribution in [2.75, 3.05) is 13.1 Å². The molecule has 1 aliphatic heterocycles. The Balaban J connectivity index is 2.33. The highest BCUT2D eigenvalue weighted by molar-refractivity contribution is 5.23. The summed E-state index contributed by atoms with van der Waals surface area (Å²) in [5.74, 6) is -0.245. The van der Waals surface area contributed by atoms with Crippen LogP contribution in [-0.2, 0) is 5.41 Å². The molecule has 13 heavy (non-hydrogen) atoms. The van der Waals surface area contributed by atoms with Crippen molar-refractivity contribution in [1.29, 1.82) is 0 Å². The molecular weight excluding hydrogens is 167 g/mol. The van der Waals surface area contributed by atoms with E-state index in [0.29, 0.717) is 0 Å². The lowest BCUT2D eigenvalue weighted by molar-refractivity contribution is 0.514. The number of rotatable bonds is 1. The van der Waals surface area contributed by atoms with Crippen LogP contribution in [0.4, 0.5) is 4.39 Å². The molecule has 0 spiro atoms. The van der Waals surface area contributed by atoms with E-state index in [1.165, 1.54) is 6.20 Å². The van der Waals surface area contributed by atoms with Gasteiger partial charge in [-0.25, -0.2) is 4.39 Å². The molecule has 0 amide bonds. The molecular formula is C10H13FN2. The van der Waals surface area contributed by atoms with Gasteiger partial charge in [0.05, 0.1) is 6.20 Å². The van der Waals surface area contributed by atoms with Crippen LogP contribution in [0.1, 0.15) is 18.9 Å². The molecule has 0 radical (unpaired) electrons. The summed E-state index contributed by atoms with van der Waals surface area (Å²) in [6, 6.07) is 1.58. The number of nitrogens with zero attached hydrogens (tertiary/aromatic N) is 1. The number of pyridine rings is 1. The monoisotopic (exact) mass is 180 g/mol. The first-order valence-electron chi connectivity index (χ1n) is 4.52. The third-order valence-corrected chi connectivity index (χ3v) is 2.77. The summed E-state index contributed by atoms with van der Waals surface area (Å²) < 4.78 is 12.9. The van der Waals surface area contributed by atoms with Crippen molar-refractivity contribution in [2.24, 2.45) is 0 Å². The van der Waals surface area contributed by atoms with E-state index in [1.807, 2.05) is 0 Å². The molecule has 1 fully saturated rings. The zero-order valence-electron chi connectivity index (χ0n) is 7.68. The van der Waals surface area contributed by atoms with Crippen LogP contribution in [0.2, 0.25) is 0 Å². The van der Waals surface area contributed by atoms with E-state index in [4.69, 9.17) is 0 Å². The van der Waals surface area contributed by atoms with E-state index in [2.05, 4.69) is 17.2 Å². The minimum Gasteiger partial charge on any atom is -0.316 e. The number of halogens is 1. The summed E-state index contributed by atoms with van der Waals surface area (Å²) in [6.45, 7) is 4.06. The van der Waals surface area contributed by atoms with E-state index in [1.54, 1.807) is 12.3 Å². The molecule has 1 aliphatic rings. The maximum atomic E-state index is 12.9. The fourth-order valence-corrected chi connectivity index (χ4v) is 1.81. The number of aromatic nitrogens is 1. The van der Waals surface area contributed by atoms with Gasteiger partial charge in [-0.15, -0.1) is 0 Å². The molecule has 1 aromatic rings. The van der Waals surface area contributed by atoms with Gasteiger partial charge in [0.2, 0.25) is 0 Å². The third-order valence-electron chi connectivity index (χ3n) is 2.77. The fourth-order valence-electron chi connectivity index (χ4n) is 1.81. The van der Waals surface area contributed by atoms with Gasteiger partial charge in [0.1, 0.15) is 5.82 Å². The molecule has 70 valence electrons. The zero-order valence-corrected chi connectivity index (χ0v) is 7.68.